The van der Waals surface area contributed by atoms with Crippen LogP contribution < -0.4 is 10.5 Å². The Kier molecular flexibility index (Phi) is 6.40. The molecule has 0 amide bonds. The summed E-state index contributed by atoms with van der Waals surface area (Å²) in [5.74, 6) is 1.19. The number of ether oxygens (including phenoxy) is 1. The molecule has 0 aliphatic carbocycles. The van der Waals surface area contributed by atoms with Crippen molar-refractivity contribution in [2.24, 2.45) is 11.7 Å². The van der Waals surface area contributed by atoms with Crippen LogP contribution in [0.2, 0.25) is 0 Å². The molecule has 0 aliphatic heterocycles. The number of sulfone groups is 1. The highest BCUT2D eigenvalue weighted by atomic mass is 32.2. The minimum Gasteiger partial charge on any atom is -0.493 e. The van der Waals surface area contributed by atoms with E-state index in [-0.39, 0.29) is 6.54 Å². The zero-order valence-corrected chi connectivity index (χ0v) is 15.0. The molecule has 0 saturated carbocycles. The Bertz CT molecular complexity index is 742. The van der Waals surface area contributed by atoms with Gasteiger partial charge in [0.2, 0.25) is 0 Å². The molecule has 0 aliphatic rings. The monoisotopic (exact) mass is 347 g/mol. The number of nitrogens with two attached hydrogens (primary N) is 1. The molecular formula is C19H25NO3S. The third kappa shape index (κ3) is 4.82. The fourth-order valence-electron chi connectivity index (χ4n) is 2.41. The quantitative estimate of drug-likeness (QED) is 0.797. The van der Waals surface area contributed by atoms with Crippen molar-refractivity contribution in [2.75, 3.05) is 13.2 Å². The highest BCUT2D eigenvalue weighted by Crippen LogP contribution is 2.21. The third-order valence-corrected chi connectivity index (χ3v) is 5.88. The van der Waals surface area contributed by atoms with Crippen LogP contribution in [-0.4, -0.2) is 26.8 Å². The summed E-state index contributed by atoms with van der Waals surface area (Å²) in [6.45, 7) is 4.88. The van der Waals surface area contributed by atoms with Crippen LogP contribution in [0.25, 0.3) is 0 Å². The van der Waals surface area contributed by atoms with Gasteiger partial charge in [0.25, 0.3) is 0 Å². The largest absolute Gasteiger partial charge is 0.493 e. The van der Waals surface area contributed by atoms with Gasteiger partial charge in [0.15, 0.2) is 9.84 Å². The van der Waals surface area contributed by atoms with Gasteiger partial charge in [-0.1, -0.05) is 44.2 Å². The standard InChI is InChI=1S/C19H25NO3S/c1-15(2)14-23-17-8-6-7-16(11-17)12-19(13-20)24(21,22)18-9-4-3-5-10-18/h3-11,15,19H,12-14,20H2,1-2H3. The summed E-state index contributed by atoms with van der Waals surface area (Å²) in [6, 6.07) is 16.0. The van der Waals surface area contributed by atoms with Crippen LogP contribution >= 0.6 is 0 Å². The fraction of sp³-hybridized carbons (Fsp3) is 0.368. The van der Waals surface area contributed by atoms with E-state index in [1.807, 2.05) is 24.3 Å². The van der Waals surface area contributed by atoms with Crippen molar-refractivity contribution >= 4 is 9.84 Å². The molecule has 2 aromatic carbocycles. The van der Waals surface area contributed by atoms with Gasteiger partial charge >= 0.3 is 0 Å². The molecular weight excluding hydrogens is 322 g/mol. The first kappa shape index (κ1) is 18.5. The Morgan fingerprint density at radius 1 is 1.04 bits per heavy atom. The van der Waals surface area contributed by atoms with Crippen LogP contribution in [0.4, 0.5) is 0 Å². The number of hydrogen-bond donors (Lipinski definition) is 1. The Hall–Kier alpha value is -1.85. The van der Waals surface area contributed by atoms with Gasteiger partial charge in [-0.15, -0.1) is 0 Å². The molecule has 5 heteroatoms. The van der Waals surface area contributed by atoms with E-state index in [1.165, 1.54) is 0 Å². The highest BCUT2D eigenvalue weighted by Gasteiger charge is 2.26. The van der Waals surface area contributed by atoms with Crippen LogP contribution in [0.1, 0.15) is 19.4 Å². The lowest BCUT2D eigenvalue weighted by atomic mass is 10.1. The van der Waals surface area contributed by atoms with Crippen LogP contribution in [0.3, 0.4) is 0 Å². The summed E-state index contributed by atoms with van der Waals surface area (Å²) in [7, 11) is -3.45. The van der Waals surface area contributed by atoms with E-state index in [0.717, 1.165) is 11.3 Å². The van der Waals surface area contributed by atoms with Crippen molar-refractivity contribution in [3.63, 3.8) is 0 Å². The first-order valence-corrected chi connectivity index (χ1v) is 9.69. The molecule has 1 unspecified atom stereocenters. The smallest absolute Gasteiger partial charge is 0.182 e. The fourth-order valence-corrected chi connectivity index (χ4v) is 4.00. The normalized spacial score (nSPS) is 13.0. The molecule has 24 heavy (non-hydrogen) atoms. The van der Waals surface area contributed by atoms with Gasteiger partial charge < -0.3 is 10.5 Å². The predicted octanol–water partition coefficient (Wildman–Crippen LogP) is 3.07. The van der Waals surface area contributed by atoms with Gasteiger partial charge in [-0.05, 0) is 42.2 Å². The van der Waals surface area contributed by atoms with E-state index in [0.29, 0.717) is 23.8 Å². The van der Waals surface area contributed by atoms with Crippen molar-refractivity contribution in [2.45, 2.75) is 30.4 Å². The Balaban J connectivity index is 2.17. The van der Waals surface area contributed by atoms with Gasteiger partial charge in [0.1, 0.15) is 5.75 Å². The summed E-state index contributed by atoms with van der Waals surface area (Å²) in [5.41, 5.74) is 6.68. The number of benzene rings is 2. The van der Waals surface area contributed by atoms with Crippen LogP contribution in [0, 0.1) is 5.92 Å². The lowest BCUT2D eigenvalue weighted by molar-refractivity contribution is 0.271. The molecule has 0 fully saturated rings. The Labute approximate surface area is 144 Å². The maximum Gasteiger partial charge on any atom is 0.182 e. The minimum atomic E-state index is -3.45. The Morgan fingerprint density at radius 2 is 1.75 bits per heavy atom. The third-order valence-electron chi connectivity index (χ3n) is 3.72. The maximum atomic E-state index is 12.8. The summed E-state index contributed by atoms with van der Waals surface area (Å²) in [5, 5.41) is -0.653. The molecule has 0 aromatic heterocycles. The molecule has 0 spiro atoms. The van der Waals surface area contributed by atoms with Crippen molar-refractivity contribution in [1.82, 2.24) is 0 Å². The SMILES string of the molecule is CC(C)COc1cccc(CC(CN)S(=O)(=O)c2ccccc2)c1. The van der Waals surface area contributed by atoms with Gasteiger partial charge in [-0.25, -0.2) is 8.42 Å². The van der Waals surface area contributed by atoms with E-state index in [4.69, 9.17) is 10.5 Å². The van der Waals surface area contributed by atoms with Crippen LogP contribution in [0.15, 0.2) is 59.5 Å². The van der Waals surface area contributed by atoms with Crippen molar-refractivity contribution in [3.05, 3.63) is 60.2 Å². The molecule has 2 aromatic rings. The molecule has 2 N–H and O–H groups in total. The lowest BCUT2D eigenvalue weighted by Crippen LogP contribution is -2.32. The van der Waals surface area contributed by atoms with Crippen molar-refractivity contribution in [3.8, 4) is 5.75 Å². The average molecular weight is 347 g/mol. The lowest BCUT2D eigenvalue weighted by Gasteiger charge is -2.17. The van der Waals surface area contributed by atoms with E-state index in [9.17, 15) is 8.42 Å². The topological polar surface area (TPSA) is 69.4 Å². The predicted molar refractivity (Wildman–Crippen MR) is 96.9 cm³/mol. The first-order chi connectivity index (χ1) is 11.4. The second-order valence-corrected chi connectivity index (χ2v) is 8.50. The molecule has 0 bridgehead atoms. The van der Waals surface area contributed by atoms with Gasteiger partial charge in [-0.2, -0.15) is 0 Å². The average Bonchev–Trinajstić information content (AvgIpc) is 2.59. The molecule has 1 atom stereocenters. The van der Waals surface area contributed by atoms with Crippen LogP contribution in [-0.2, 0) is 16.3 Å². The second-order valence-electron chi connectivity index (χ2n) is 6.27. The van der Waals surface area contributed by atoms with Crippen LogP contribution in [0.5, 0.6) is 5.75 Å². The van der Waals surface area contributed by atoms with Gasteiger partial charge in [0, 0.05) is 6.54 Å². The molecule has 0 saturated heterocycles. The summed E-state index contributed by atoms with van der Waals surface area (Å²) in [4.78, 5) is 0.313. The highest BCUT2D eigenvalue weighted by molar-refractivity contribution is 7.92. The van der Waals surface area contributed by atoms with E-state index in [2.05, 4.69) is 13.8 Å². The first-order valence-electron chi connectivity index (χ1n) is 8.14. The molecule has 130 valence electrons. The second kappa shape index (κ2) is 8.31. The molecule has 4 nitrogen and oxygen atoms in total. The molecule has 0 heterocycles. The number of rotatable bonds is 8. The zero-order valence-electron chi connectivity index (χ0n) is 14.2. The summed E-state index contributed by atoms with van der Waals surface area (Å²) >= 11 is 0. The van der Waals surface area contributed by atoms with Crippen molar-refractivity contribution in [1.29, 1.82) is 0 Å². The van der Waals surface area contributed by atoms with Gasteiger partial charge in [0.05, 0.1) is 16.8 Å². The summed E-state index contributed by atoms with van der Waals surface area (Å²) in [6.07, 6.45) is 0.368. The summed E-state index contributed by atoms with van der Waals surface area (Å²) < 4.78 is 31.2. The molecule has 0 radical (unpaired) electrons. The Morgan fingerprint density at radius 3 is 2.38 bits per heavy atom. The van der Waals surface area contributed by atoms with E-state index in [1.54, 1.807) is 30.3 Å². The van der Waals surface area contributed by atoms with E-state index >= 15 is 0 Å². The van der Waals surface area contributed by atoms with Crippen molar-refractivity contribution < 1.29 is 13.2 Å². The minimum absolute atomic E-state index is 0.0777. The number of hydrogen-bond acceptors (Lipinski definition) is 4. The molecule has 2 rings (SSSR count). The maximum absolute atomic E-state index is 12.8. The van der Waals surface area contributed by atoms with E-state index < -0.39 is 15.1 Å². The van der Waals surface area contributed by atoms with Gasteiger partial charge in [-0.3, -0.25) is 0 Å². The zero-order chi connectivity index (χ0) is 17.6.